The van der Waals surface area contributed by atoms with Crippen molar-refractivity contribution in [2.24, 2.45) is 5.92 Å². The van der Waals surface area contributed by atoms with Crippen LogP contribution in [0.5, 0.6) is 5.75 Å². The molecule has 0 aliphatic heterocycles. The predicted octanol–water partition coefficient (Wildman–Crippen LogP) is 5.48. The molecule has 0 fully saturated rings. The van der Waals surface area contributed by atoms with Crippen LogP contribution in [-0.4, -0.2) is 42.5 Å². The maximum Gasteiger partial charge on any atom is 0.330 e. The molecule has 0 heterocycles. The highest BCUT2D eigenvalue weighted by Crippen LogP contribution is 2.35. The van der Waals surface area contributed by atoms with Crippen LogP contribution in [0.3, 0.4) is 0 Å². The van der Waals surface area contributed by atoms with Crippen molar-refractivity contribution in [2.75, 3.05) is 19.8 Å². The summed E-state index contributed by atoms with van der Waals surface area (Å²) in [4.78, 5) is 11.5. The number of carbonyl (C=O) groups is 1. The van der Waals surface area contributed by atoms with Gasteiger partial charge in [-0.15, -0.1) is 0 Å². The largest absolute Gasteiger partial charge is 0.489 e. The van der Waals surface area contributed by atoms with Crippen LogP contribution in [0.2, 0.25) is 10.0 Å². The Morgan fingerprint density at radius 3 is 2.50 bits per heavy atom. The fraction of sp³-hybridized carbons (Fsp3) is 0.444. The number of aliphatic hydroxyl groups is 1. The van der Waals surface area contributed by atoms with Gasteiger partial charge in [-0.25, -0.2) is 4.79 Å². The second-order valence-corrected chi connectivity index (χ2v) is 10.1. The van der Waals surface area contributed by atoms with E-state index in [0.717, 1.165) is 19.3 Å². The third kappa shape index (κ3) is 7.47. The lowest BCUT2D eigenvalue weighted by Crippen LogP contribution is -2.46. The zero-order valence-electron chi connectivity index (χ0n) is 19.9. The number of aliphatic hydroxyl groups excluding tert-OH is 1. The molecule has 0 saturated carbocycles. The predicted molar refractivity (Wildman–Crippen MR) is 138 cm³/mol. The molecular weight excluding hydrogens is 473 g/mol. The van der Waals surface area contributed by atoms with Gasteiger partial charge in [0, 0.05) is 18.2 Å². The molecule has 0 aromatic heterocycles. The highest BCUT2D eigenvalue weighted by molar-refractivity contribution is 6.43. The number of carbonyl (C=O) groups excluding carboxylic acids is 1. The van der Waals surface area contributed by atoms with Crippen molar-refractivity contribution >= 4 is 35.2 Å². The van der Waals surface area contributed by atoms with E-state index in [1.54, 1.807) is 25.1 Å². The number of esters is 1. The molecule has 1 aliphatic carbocycles. The topological polar surface area (TPSA) is 67.8 Å². The van der Waals surface area contributed by atoms with Gasteiger partial charge in [-0.2, -0.15) is 0 Å². The van der Waals surface area contributed by atoms with Gasteiger partial charge in [-0.3, -0.25) is 0 Å². The molecule has 1 aliphatic rings. The molecule has 34 heavy (non-hydrogen) atoms. The Kier molecular flexibility index (Phi) is 9.43. The number of fused-ring (bicyclic) bond motifs is 1. The third-order valence-corrected chi connectivity index (χ3v) is 6.82. The van der Waals surface area contributed by atoms with Crippen molar-refractivity contribution in [3.8, 4) is 5.75 Å². The van der Waals surface area contributed by atoms with Crippen molar-refractivity contribution in [1.29, 1.82) is 0 Å². The molecule has 0 saturated heterocycles. The molecule has 7 heteroatoms. The zero-order valence-corrected chi connectivity index (χ0v) is 21.5. The van der Waals surface area contributed by atoms with Gasteiger partial charge in [0.05, 0.1) is 11.6 Å². The molecule has 0 spiro atoms. The average Bonchev–Trinajstić information content (AvgIpc) is 3.19. The normalized spacial score (nSPS) is 14.9. The van der Waals surface area contributed by atoms with E-state index in [0.29, 0.717) is 30.4 Å². The van der Waals surface area contributed by atoms with Crippen LogP contribution in [0.15, 0.2) is 42.5 Å². The van der Waals surface area contributed by atoms with E-state index >= 15 is 0 Å². The van der Waals surface area contributed by atoms with Crippen LogP contribution in [0.25, 0.3) is 6.08 Å². The molecule has 0 amide bonds. The second-order valence-electron chi connectivity index (χ2n) is 9.34. The molecule has 2 N–H and O–H groups in total. The first kappa shape index (κ1) is 26.6. The van der Waals surface area contributed by atoms with Crippen molar-refractivity contribution in [2.45, 2.75) is 51.7 Å². The number of hydrogen-bond donors (Lipinski definition) is 2. The van der Waals surface area contributed by atoms with E-state index in [-0.39, 0.29) is 22.2 Å². The fourth-order valence-corrected chi connectivity index (χ4v) is 4.81. The van der Waals surface area contributed by atoms with Crippen molar-refractivity contribution in [3.05, 3.63) is 69.2 Å². The molecule has 1 unspecified atom stereocenters. The molecule has 184 valence electrons. The Hall–Kier alpha value is -2.05. The Bertz CT molecular complexity index is 997. The summed E-state index contributed by atoms with van der Waals surface area (Å²) in [5.41, 5.74) is 3.37. The van der Waals surface area contributed by atoms with Crippen LogP contribution in [0, 0.1) is 5.92 Å². The number of nitrogens with one attached hydrogen (secondary N) is 1. The number of benzene rings is 2. The molecule has 5 nitrogen and oxygen atoms in total. The van der Waals surface area contributed by atoms with Gasteiger partial charge in [-0.1, -0.05) is 47.5 Å². The first-order chi connectivity index (χ1) is 16.2. The second kappa shape index (κ2) is 12.1. The molecule has 2 aromatic rings. The summed E-state index contributed by atoms with van der Waals surface area (Å²) in [6, 6.07) is 12.0. The monoisotopic (exact) mass is 505 g/mol. The van der Waals surface area contributed by atoms with Crippen molar-refractivity contribution in [3.63, 3.8) is 0 Å². The summed E-state index contributed by atoms with van der Waals surface area (Å²) in [5, 5.41) is 14.4. The molecule has 3 rings (SSSR count). The summed E-state index contributed by atoms with van der Waals surface area (Å²) >= 11 is 12.7. The number of β-amino-alcohol motifs (C(OH)–C–C–N with tert-alkyl or cyclic N) is 1. The van der Waals surface area contributed by atoms with Gasteiger partial charge in [-0.05, 0) is 80.9 Å². The summed E-state index contributed by atoms with van der Waals surface area (Å²) in [6.45, 7) is 6.85. The highest BCUT2D eigenvalue weighted by Gasteiger charge is 2.28. The lowest BCUT2D eigenvalue weighted by Gasteiger charge is -2.30. The number of rotatable bonds is 11. The number of halogens is 2. The molecule has 1 atom stereocenters. The standard InChI is InChI=1S/C27H33Cl2NO4/c1-4-33-24(32)12-10-19-9-11-23(26(29)25(19)28)34-17-22(31)16-30-27(2,3)15-18-13-20-7-5-6-8-21(20)14-18/h5-12,18,22,30-31H,4,13-17H2,1-3H3. The minimum absolute atomic E-state index is 0.0754. The lowest BCUT2D eigenvalue weighted by molar-refractivity contribution is -0.137. The average molecular weight is 506 g/mol. The summed E-state index contributed by atoms with van der Waals surface area (Å²) in [5.74, 6) is 0.527. The summed E-state index contributed by atoms with van der Waals surface area (Å²) < 4.78 is 10.6. The molecule has 0 bridgehead atoms. The Labute approximate surface area is 212 Å². The van der Waals surface area contributed by atoms with Gasteiger partial charge in [0.1, 0.15) is 23.5 Å². The van der Waals surface area contributed by atoms with Gasteiger partial charge < -0.3 is 19.9 Å². The van der Waals surface area contributed by atoms with E-state index < -0.39 is 12.1 Å². The SMILES string of the molecule is CCOC(=O)C=Cc1ccc(OCC(O)CNC(C)(C)CC2Cc3ccccc3C2)c(Cl)c1Cl. The first-order valence-corrected chi connectivity index (χ1v) is 12.4. The quantitative estimate of drug-likeness (QED) is 0.312. The van der Waals surface area contributed by atoms with Crippen LogP contribution in [-0.2, 0) is 22.4 Å². The summed E-state index contributed by atoms with van der Waals surface area (Å²) in [7, 11) is 0. The fourth-order valence-electron chi connectivity index (χ4n) is 4.36. The molecule has 2 aromatic carbocycles. The van der Waals surface area contributed by atoms with Gasteiger partial charge in [0.2, 0.25) is 0 Å². The Morgan fingerprint density at radius 1 is 1.18 bits per heavy atom. The van der Waals surface area contributed by atoms with E-state index in [2.05, 4.69) is 43.4 Å². The number of ether oxygens (including phenoxy) is 2. The Balaban J connectivity index is 1.46. The van der Waals surface area contributed by atoms with Crippen LogP contribution >= 0.6 is 23.2 Å². The Morgan fingerprint density at radius 2 is 1.85 bits per heavy atom. The number of hydrogen-bond acceptors (Lipinski definition) is 5. The minimum Gasteiger partial charge on any atom is -0.489 e. The van der Waals surface area contributed by atoms with E-state index in [4.69, 9.17) is 32.7 Å². The van der Waals surface area contributed by atoms with E-state index in [1.807, 2.05) is 0 Å². The van der Waals surface area contributed by atoms with E-state index in [1.165, 1.54) is 17.2 Å². The van der Waals surface area contributed by atoms with Crippen LogP contribution < -0.4 is 10.1 Å². The van der Waals surface area contributed by atoms with Crippen LogP contribution in [0.1, 0.15) is 43.9 Å². The van der Waals surface area contributed by atoms with Gasteiger partial charge in [0.25, 0.3) is 0 Å². The molecule has 0 radical (unpaired) electrons. The smallest absolute Gasteiger partial charge is 0.330 e. The first-order valence-electron chi connectivity index (χ1n) is 11.6. The van der Waals surface area contributed by atoms with Gasteiger partial charge >= 0.3 is 5.97 Å². The third-order valence-electron chi connectivity index (χ3n) is 5.94. The summed E-state index contributed by atoms with van der Waals surface area (Å²) in [6.07, 6.45) is 5.37. The molecular formula is C27H33Cl2NO4. The zero-order chi connectivity index (χ0) is 24.7. The van der Waals surface area contributed by atoms with E-state index in [9.17, 15) is 9.90 Å². The van der Waals surface area contributed by atoms with Crippen molar-refractivity contribution < 1.29 is 19.4 Å². The van der Waals surface area contributed by atoms with Crippen molar-refractivity contribution in [1.82, 2.24) is 5.32 Å². The minimum atomic E-state index is -0.710. The maximum absolute atomic E-state index is 11.5. The van der Waals surface area contributed by atoms with Crippen LogP contribution in [0.4, 0.5) is 0 Å². The maximum atomic E-state index is 11.5. The lowest BCUT2D eigenvalue weighted by atomic mass is 9.88. The van der Waals surface area contributed by atoms with Gasteiger partial charge in [0.15, 0.2) is 0 Å². The highest BCUT2D eigenvalue weighted by atomic mass is 35.5.